The number of hydrogen-bond donors (Lipinski definition) is 3. The van der Waals surface area contributed by atoms with Gasteiger partial charge in [-0.05, 0) is 24.0 Å². The van der Waals surface area contributed by atoms with E-state index < -0.39 is 21.5 Å². The van der Waals surface area contributed by atoms with Crippen molar-refractivity contribution in [3.05, 3.63) is 77.0 Å². The summed E-state index contributed by atoms with van der Waals surface area (Å²) in [6, 6.07) is 18.3. The number of benzene rings is 2. The minimum Gasteiger partial charge on any atom is -0.418 e. The van der Waals surface area contributed by atoms with Gasteiger partial charge in [0.25, 0.3) is 10.2 Å². The third kappa shape index (κ3) is 7.65. The fourth-order valence-electron chi connectivity index (χ4n) is 4.31. The molecule has 0 amide bonds. The van der Waals surface area contributed by atoms with Crippen LogP contribution in [0.15, 0.2) is 65.7 Å². The van der Waals surface area contributed by atoms with Crippen molar-refractivity contribution in [1.82, 2.24) is 9.44 Å². The molecule has 0 spiro atoms. The average Bonchev–Trinajstić information content (AvgIpc) is 2.82. The van der Waals surface area contributed by atoms with Gasteiger partial charge in [-0.2, -0.15) is 17.9 Å². The fourth-order valence-corrected chi connectivity index (χ4v) is 5.42. The van der Waals surface area contributed by atoms with Crippen LogP contribution in [-0.2, 0) is 16.8 Å². The van der Waals surface area contributed by atoms with Crippen LogP contribution < -0.4 is 9.44 Å². The molecule has 0 saturated heterocycles. The van der Waals surface area contributed by atoms with Gasteiger partial charge in [0.2, 0.25) is 6.21 Å². The van der Waals surface area contributed by atoms with Gasteiger partial charge in [-0.3, -0.25) is 10.2 Å². The Morgan fingerprint density at radius 3 is 2.38 bits per heavy atom. The normalized spacial score (nSPS) is 20.9. The Kier molecular flexibility index (Phi) is 8.82. The number of nitrogens with one attached hydrogen (secondary N) is 2. The molecule has 2 aromatic carbocycles. The van der Waals surface area contributed by atoms with Gasteiger partial charge in [-0.15, -0.1) is 0 Å². The zero-order valence-corrected chi connectivity index (χ0v) is 20.5. The molecule has 2 aromatic rings. The van der Waals surface area contributed by atoms with Crippen molar-refractivity contribution in [3.63, 3.8) is 0 Å². The molecular formula is C25H34N4O4S. The Morgan fingerprint density at radius 1 is 1.12 bits per heavy atom. The lowest BCUT2D eigenvalue weighted by atomic mass is 9.76. The molecule has 3 rings (SSSR count). The largest absolute Gasteiger partial charge is 0.418 e. The van der Waals surface area contributed by atoms with Crippen molar-refractivity contribution in [2.75, 3.05) is 0 Å². The second-order valence-corrected chi connectivity index (χ2v) is 10.9. The third-order valence-corrected chi connectivity index (χ3v) is 7.32. The van der Waals surface area contributed by atoms with E-state index in [0.29, 0.717) is 6.42 Å². The van der Waals surface area contributed by atoms with Gasteiger partial charge in [-0.1, -0.05) is 87.4 Å². The monoisotopic (exact) mass is 486 g/mol. The van der Waals surface area contributed by atoms with Crippen molar-refractivity contribution in [1.29, 1.82) is 0 Å². The second-order valence-electron chi connectivity index (χ2n) is 9.33. The van der Waals surface area contributed by atoms with Gasteiger partial charge in [0, 0.05) is 29.1 Å². The summed E-state index contributed by atoms with van der Waals surface area (Å²) in [6.07, 6.45) is 6.38. The van der Waals surface area contributed by atoms with E-state index in [-0.39, 0.29) is 23.5 Å². The van der Waals surface area contributed by atoms with Gasteiger partial charge >= 0.3 is 0 Å². The van der Waals surface area contributed by atoms with Crippen LogP contribution in [0.1, 0.15) is 56.6 Å². The number of aliphatic imine (C=N–C) groups is 1. The van der Waals surface area contributed by atoms with Crippen molar-refractivity contribution < 1.29 is 18.5 Å². The van der Waals surface area contributed by atoms with Crippen LogP contribution in [0, 0.1) is 10.6 Å². The Balaban J connectivity index is 1.72. The zero-order chi connectivity index (χ0) is 24.6. The molecule has 3 atom stereocenters. The van der Waals surface area contributed by atoms with Crippen molar-refractivity contribution in [2.45, 2.75) is 64.1 Å². The first-order chi connectivity index (χ1) is 16.2. The first-order valence-corrected chi connectivity index (χ1v) is 13.0. The summed E-state index contributed by atoms with van der Waals surface area (Å²) < 4.78 is 30.8. The summed E-state index contributed by atoms with van der Waals surface area (Å²) in [5.74, 6) is -0.411. The van der Waals surface area contributed by atoms with E-state index in [1.807, 2.05) is 74.5 Å². The average molecular weight is 487 g/mol. The van der Waals surface area contributed by atoms with Gasteiger partial charge in [0.15, 0.2) is 0 Å². The van der Waals surface area contributed by atoms with Crippen LogP contribution in [0.3, 0.4) is 0 Å². The lowest BCUT2D eigenvalue weighted by molar-refractivity contribution is -0.723. The highest BCUT2D eigenvalue weighted by Crippen LogP contribution is 2.33. The van der Waals surface area contributed by atoms with Crippen molar-refractivity contribution in [2.24, 2.45) is 10.4 Å². The van der Waals surface area contributed by atoms with Crippen LogP contribution >= 0.6 is 0 Å². The minimum absolute atomic E-state index is 0.163. The summed E-state index contributed by atoms with van der Waals surface area (Å²) in [4.78, 5) is 4.63. The maximum Gasteiger partial charge on any atom is 0.277 e. The Bertz CT molecular complexity index is 1070. The molecule has 0 unspecified atom stereocenters. The quantitative estimate of drug-likeness (QED) is 0.205. The summed E-state index contributed by atoms with van der Waals surface area (Å²) in [7, 11) is -3.70. The van der Waals surface area contributed by atoms with E-state index in [1.54, 1.807) is 6.21 Å². The van der Waals surface area contributed by atoms with Crippen molar-refractivity contribution in [3.8, 4) is 0 Å². The lowest BCUT2D eigenvalue weighted by Gasteiger charge is -2.31. The van der Waals surface area contributed by atoms with E-state index in [1.165, 1.54) is 6.21 Å². The van der Waals surface area contributed by atoms with Crippen LogP contribution in [0.25, 0.3) is 0 Å². The van der Waals surface area contributed by atoms with Crippen LogP contribution in [0.2, 0.25) is 0 Å². The molecule has 1 aliphatic rings. The predicted molar refractivity (Wildman–Crippen MR) is 134 cm³/mol. The standard InChI is InChI=1S/C25H34N4O4S/c1-25(2,22(18-29(30)31)21-13-7-4-8-14-21)19-26-23-15-9-10-16-24(23)28-34(32,33)27-17-20-11-5-3-6-12-20/h3-8,11-14,18-19,22-24,27-28H,9-10,15-17H2,1-2H3,(H,30,31)/t22-,23-,24-/m1/s1. The summed E-state index contributed by atoms with van der Waals surface area (Å²) in [5, 5.41) is 20.8. The predicted octanol–water partition coefficient (Wildman–Crippen LogP) is 3.77. The molecule has 0 bridgehead atoms. The highest BCUT2D eigenvalue weighted by Gasteiger charge is 2.33. The lowest BCUT2D eigenvalue weighted by Crippen LogP contribution is -2.48. The molecule has 3 N–H and O–H groups in total. The van der Waals surface area contributed by atoms with Crippen molar-refractivity contribution >= 4 is 22.6 Å². The summed E-state index contributed by atoms with van der Waals surface area (Å²) in [6.45, 7) is 4.10. The molecule has 9 heteroatoms. The maximum absolute atomic E-state index is 12.7. The number of rotatable bonds is 10. The van der Waals surface area contributed by atoms with E-state index >= 15 is 0 Å². The fraction of sp³-hybridized carbons (Fsp3) is 0.440. The Hall–Kier alpha value is -2.75. The molecular weight excluding hydrogens is 452 g/mol. The summed E-state index contributed by atoms with van der Waals surface area (Å²) >= 11 is 0. The summed E-state index contributed by atoms with van der Waals surface area (Å²) in [5.41, 5.74) is 1.16. The van der Waals surface area contributed by atoms with Crippen LogP contribution in [0.5, 0.6) is 0 Å². The maximum atomic E-state index is 12.7. The first kappa shape index (κ1) is 25.9. The Labute approximate surface area is 202 Å². The molecule has 1 aliphatic carbocycles. The molecule has 1 fully saturated rings. The molecule has 0 radical (unpaired) electrons. The van der Waals surface area contributed by atoms with Gasteiger partial charge in [0.05, 0.1) is 12.0 Å². The number of nitrogens with zero attached hydrogens (tertiary/aromatic N) is 2. The van der Waals surface area contributed by atoms with E-state index in [4.69, 9.17) is 4.99 Å². The second kappa shape index (κ2) is 11.6. The first-order valence-electron chi connectivity index (χ1n) is 11.6. The molecule has 34 heavy (non-hydrogen) atoms. The minimum atomic E-state index is -3.70. The smallest absolute Gasteiger partial charge is 0.277 e. The molecule has 184 valence electrons. The zero-order valence-electron chi connectivity index (χ0n) is 19.7. The third-order valence-electron chi connectivity index (χ3n) is 6.18. The molecule has 0 aromatic heterocycles. The highest BCUT2D eigenvalue weighted by atomic mass is 32.2. The van der Waals surface area contributed by atoms with E-state index in [2.05, 4.69) is 9.44 Å². The molecule has 1 saturated carbocycles. The topological polar surface area (TPSA) is 117 Å². The van der Waals surface area contributed by atoms with E-state index in [0.717, 1.165) is 30.4 Å². The van der Waals surface area contributed by atoms with Gasteiger partial charge < -0.3 is 5.21 Å². The number of hydrogen-bond acceptors (Lipinski definition) is 5. The molecule has 8 nitrogen and oxygen atoms in total. The van der Waals surface area contributed by atoms with Gasteiger partial charge in [-0.25, -0.2) is 0 Å². The highest BCUT2D eigenvalue weighted by molar-refractivity contribution is 7.87. The SMILES string of the molecule is CC(C)(C=N[C@@H]1CCCC[C@H]1NS(=O)(=O)NCc1ccccc1)[C@H](/C=[N+](/[O-])O)c1ccccc1. The van der Waals surface area contributed by atoms with Crippen LogP contribution in [-0.4, -0.2) is 43.0 Å². The Morgan fingerprint density at radius 2 is 1.74 bits per heavy atom. The molecule has 0 aliphatic heterocycles. The van der Waals surface area contributed by atoms with E-state index in [9.17, 15) is 18.8 Å². The van der Waals surface area contributed by atoms with Gasteiger partial charge in [0.1, 0.15) is 0 Å². The van der Waals surface area contributed by atoms with Crippen LogP contribution in [0.4, 0.5) is 0 Å². The molecule has 0 heterocycles.